The largest absolute Gasteiger partial charge is 0.418 e. The van der Waals surface area contributed by atoms with E-state index >= 15 is 0 Å². The van der Waals surface area contributed by atoms with Crippen molar-refractivity contribution in [3.05, 3.63) is 61.9 Å². The molecule has 0 bridgehead atoms. The zero-order chi connectivity index (χ0) is 20.7. The summed E-state index contributed by atoms with van der Waals surface area (Å²) in [7, 11) is 0. The minimum Gasteiger partial charge on any atom is -0.348 e. The number of nitro groups is 2. The van der Waals surface area contributed by atoms with Gasteiger partial charge in [-0.2, -0.15) is 13.2 Å². The molecule has 0 heterocycles. The fraction of sp³-hybridized carbons (Fsp3) is 0.0769. The minimum absolute atomic E-state index is 0.0486. The van der Waals surface area contributed by atoms with Gasteiger partial charge in [0.05, 0.1) is 31.6 Å². The van der Waals surface area contributed by atoms with Crippen LogP contribution in [0.15, 0.2) is 36.1 Å². The van der Waals surface area contributed by atoms with E-state index in [-0.39, 0.29) is 20.7 Å². The van der Waals surface area contributed by atoms with Crippen LogP contribution in [-0.4, -0.2) is 9.85 Å². The van der Waals surface area contributed by atoms with E-state index in [0.717, 1.165) is 0 Å². The summed E-state index contributed by atoms with van der Waals surface area (Å²) in [5.41, 5.74) is -4.55. The molecule has 0 aliphatic carbocycles. The Morgan fingerprint density at radius 2 is 1.44 bits per heavy atom. The van der Waals surface area contributed by atoms with E-state index in [4.69, 9.17) is 0 Å². The van der Waals surface area contributed by atoms with E-state index < -0.39 is 38.6 Å². The highest BCUT2D eigenvalue weighted by molar-refractivity contribution is 9.14. The van der Waals surface area contributed by atoms with Crippen LogP contribution in [-0.2, 0) is 6.18 Å². The number of hydrogen-bond donors (Lipinski definition) is 1. The second-order valence-electron chi connectivity index (χ2n) is 4.87. The van der Waals surface area contributed by atoms with Gasteiger partial charge in [-0.05, 0) is 69.8 Å². The van der Waals surface area contributed by atoms with Gasteiger partial charge in [-0.1, -0.05) is 0 Å². The average Bonchev–Trinajstić information content (AvgIpc) is 2.55. The first-order valence-corrected chi connectivity index (χ1v) is 9.65. The third-order valence-electron chi connectivity index (χ3n) is 3.18. The summed E-state index contributed by atoms with van der Waals surface area (Å²) in [5.74, 6) is 0. The molecule has 2 rings (SSSR count). The van der Waals surface area contributed by atoms with E-state index in [1.54, 1.807) is 0 Å². The average molecular weight is 643 g/mol. The van der Waals surface area contributed by atoms with Crippen molar-refractivity contribution in [1.29, 1.82) is 0 Å². The van der Waals surface area contributed by atoms with Crippen LogP contribution in [0.4, 0.5) is 35.9 Å². The maximum atomic E-state index is 13.5. The van der Waals surface area contributed by atoms with Gasteiger partial charge >= 0.3 is 6.18 Å². The molecule has 2 aromatic rings. The maximum absolute atomic E-state index is 13.5. The van der Waals surface area contributed by atoms with E-state index in [0.29, 0.717) is 15.0 Å². The van der Waals surface area contributed by atoms with Gasteiger partial charge in [0.1, 0.15) is 5.69 Å². The lowest BCUT2D eigenvalue weighted by Gasteiger charge is -2.17. The quantitative estimate of drug-likeness (QED) is 0.163. The summed E-state index contributed by atoms with van der Waals surface area (Å²) in [6.45, 7) is 0. The number of nitro benzene ring substituents is 2. The number of alkyl halides is 3. The summed E-state index contributed by atoms with van der Waals surface area (Å²) in [6.07, 6.45) is -5.08. The normalized spacial score (nSPS) is 11.4. The van der Waals surface area contributed by atoms with Gasteiger partial charge in [-0.25, -0.2) is 0 Å². The predicted molar refractivity (Wildman–Crippen MR) is 105 cm³/mol. The molecule has 0 atom stereocenters. The molecule has 0 saturated carbocycles. The topological polar surface area (TPSA) is 98.3 Å². The van der Waals surface area contributed by atoms with Crippen LogP contribution in [0, 0.1) is 20.2 Å². The number of hydrogen-bond acceptors (Lipinski definition) is 5. The molecule has 0 saturated heterocycles. The van der Waals surface area contributed by atoms with E-state index in [1.165, 1.54) is 6.07 Å². The zero-order valence-corrected chi connectivity index (χ0v) is 18.7. The molecule has 0 unspecified atom stereocenters. The molecule has 7 nitrogen and oxygen atoms in total. The van der Waals surface area contributed by atoms with Crippen molar-refractivity contribution >= 4 is 86.5 Å². The Bertz CT molecular complexity index is 969. The molecule has 0 radical (unpaired) electrons. The third kappa shape index (κ3) is 4.60. The summed E-state index contributed by atoms with van der Waals surface area (Å²) >= 11 is 12.8. The lowest BCUT2D eigenvalue weighted by Crippen LogP contribution is -2.12. The number of nitrogens with zero attached hydrogens (tertiary/aromatic N) is 2. The van der Waals surface area contributed by atoms with Gasteiger partial charge in [0.2, 0.25) is 0 Å². The summed E-state index contributed by atoms with van der Waals surface area (Å²) in [6, 6.07) is 2.21. The first-order valence-electron chi connectivity index (χ1n) is 6.48. The second-order valence-corrected chi connectivity index (χ2v) is 8.16. The molecular formula is C13H4Br4F3N3O4. The van der Waals surface area contributed by atoms with Crippen molar-refractivity contribution in [3.63, 3.8) is 0 Å². The maximum Gasteiger partial charge on any atom is 0.418 e. The number of anilines is 2. The van der Waals surface area contributed by atoms with Gasteiger partial charge in [-0.3, -0.25) is 20.2 Å². The van der Waals surface area contributed by atoms with Crippen LogP contribution in [0.1, 0.15) is 5.56 Å². The van der Waals surface area contributed by atoms with Gasteiger partial charge in [0, 0.05) is 19.5 Å². The third-order valence-corrected chi connectivity index (χ3v) is 7.11. The van der Waals surface area contributed by atoms with E-state index in [9.17, 15) is 33.4 Å². The fourth-order valence-corrected chi connectivity index (χ4v) is 4.65. The number of non-ortho nitro benzene ring substituents is 1. The monoisotopic (exact) mass is 639 g/mol. The van der Waals surface area contributed by atoms with Gasteiger partial charge < -0.3 is 5.32 Å². The highest BCUT2D eigenvalue weighted by atomic mass is 79.9. The first-order chi connectivity index (χ1) is 12.3. The Kier molecular flexibility index (Phi) is 6.54. The molecule has 0 aliphatic heterocycles. The Hall–Kier alpha value is -1.25. The van der Waals surface area contributed by atoms with E-state index in [1.807, 2.05) is 0 Å². The second kappa shape index (κ2) is 8.01. The Labute approximate surface area is 182 Å². The van der Waals surface area contributed by atoms with Crippen LogP contribution < -0.4 is 5.32 Å². The highest BCUT2D eigenvalue weighted by Crippen LogP contribution is 2.47. The molecular weight excluding hydrogens is 639 g/mol. The van der Waals surface area contributed by atoms with Crippen LogP contribution >= 0.6 is 63.7 Å². The SMILES string of the molecule is O=[N+]([O-])c1cc([N+](=O)[O-])c(Nc2c(Br)cc(Br)c(Br)c2Br)c(C(F)(F)F)c1. The molecule has 1 N–H and O–H groups in total. The first kappa shape index (κ1) is 22.0. The van der Waals surface area contributed by atoms with Crippen molar-refractivity contribution in [1.82, 2.24) is 0 Å². The molecule has 27 heavy (non-hydrogen) atoms. The number of benzene rings is 2. The van der Waals surface area contributed by atoms with Crippen molar-refractivity contribution in [2.45, 2.75) is 6.18 Å². The minimum atomic E-state index is -5.08. The molecule has 0 fully saturated rings. The standard InChI is InChI=1S/C13H4Br4F3N3O4/c14-6-3-7(15)12(10(17)9(6)16)21-11-5(13(18,19)20)1-4(22(24)25)2-8(11)23(26)27/h1-3,21H. The van der Waals surface area contributed by atoms with Crippen LogP contribution in [0.5, 0.6) is 0 Å². The van der Waals surface area contributed by atoms with E-state index in [2.05, 4.69) is 69.0 Å². The summed E-state index contributed by atoms with van der Waals surface area (Å²) < 4.78 is 41.9. The zero-order valence-electron chi connectivity index (χ0n) is 12.4. The van der Waals surface area contributed by atoms with Crippen LogP contribution in [0.25, 0.3) is 0 Å². The molecule has 0 aliphatic rings. The van der Waals surface area contributed by atoms with Crippen LogP contribution in [0.2, 0.25) is 0 Å². The van der Waals surface area contributed by atoms with Gasteiger partial charge in [0.15, 0.2) is 0 Å². The molecule has 0 aromatic heterocycles. The Morgan fingerprint density at radius 1 is 0.852 bits per heavy atom. The van der Waals surface area contributed by atoms with Crippen molar-refractivity contribution in [2.24, 2.45) is 0 Å². The summed E-state index contributed by atoms with van der Waals surface area (Å²) in [4.78, 5) is 19.9. The molecule has 144 valence electrons. The lowest BCUT2D eigenvalue weighted by molar-refractivity contribution is -0.394. The van der Waals surface area contributed by atoms with Crippen LogP contribution in [0.3, 0.4) is 0 Å². The highest BCUT2D eigenvalue weighted by Gasteiger charge is 2.40. The summed E-state index contributed by atoms with van der Waals surface area (Å²) in [5, 5.41) is 24.5. The van der Waals surface area contributed by atoms with Crippen molar-refractivity contribution < 1.29 is 23.0 Å². The molecule has 2 aromatic carbocycles. The van der Waals surface area contributed by atoms with Gasteiger partial charge in [-0.15, -0.1) is 0 Å². The smallest absolute Gasteiger partial charge is 0.348 e. The lowest BCUT2D eigenvalue weighted by atomic mass is 10.1. The van der Waals surface area contributed by atoms with Crippen molar-refractivity contribution in [2.75, 3.05) is 5.32 Å². The number of nitrogens with one attached hydrogen (secondary N) is 1. The Morgan fingerprint density at radius 3 is 1.93 bits per heavy atom. The number of rotatable bonds is 4. The fourth-order valence-electron chi connectivity index (χ4n) is 2.02. The van der Waals surface area contributed by atoms with Gasteiger partial charge in [0.25, 0.3) is 11.4 Å². The Balaban J connectivity index is 2.82. The molecule has 0 amide bonds. The molecule has 0 spiro atoms. The predicted octanol–water partition coefficient (Wildman–Crippen LogP) is 7.32. The van der Waals surface area contributed by atoms with Crippen molar-refractivity contribution in [3.8, 4) is 0 Å². The number of halogens is 7. The molecule has 14 heteroatoms.